The molecule has 4 heteroatoms. The minimum atomic E-state index is 0. The van der Waals surface area contributed by atoms with Gasteiger partial charge in [-0.3, -0.25) is 4.98 Å². The maximum absolute atomic E-state index is 5.62. The highest BCUT2D eigenvalue weighted by molar-refractivity contribution is 5.85. The molecule has 2 N–H and O–H groups in total. The first kappa shape index (κ1) is 14.2. The molecule has 2 nitrogen and oxygen atoms in total. The fourth-order valence-electron chi connectivity index (χ4n) is 0.749. The SMILES string of the molecule is Cc1ccc(C(C)N)cn1.Cl.Cl. The second kappa shape index (κ2) is 6.23. The largest absolute Gasteiger partial charge is 0.324 e. The number of hydrogen-bond donors (Lipinski definition) is 1. The molecule has 0 bridgehead atoms. The van der Waals surface area contributed by atoms with Crippen molar-refractivity contribution in [1.29, 1.82) is 0 Å². The van der Waals surface area contributed by atoms with Crippen LogP contribution in [0.2, 0.25) is 0 Å². The van der Waals surface area contributed by atoms with Gasteiger partial charge in [0.15, 0.2) is 0 Å². The van der Waals surface area contributed by atoms with Gasteiger partial charge in [0.25, 0.3) is 0 Å². The van der Waals surface area contributed by atoms with Gasteiger partial charge in [-0.1, -0.05) is 6.07 Å². The normalized spacial score (nSPS) is 10.9. The van der Waals surface area contributed by atoms with Crippen molar-refractivity contribution in [3.63, 3.8) is 0 Å². The van der Waals surface area contributed by atoms with Gasteiger partial charge in [-0.05, 0) is 25.5 Å². The predicted octanol–water partition coefficient (Wildman–Crippen LogP) is 2.25. The van der Waals surface area contributed by atoms with Gasteiger partial charge in [-0.25, -0.2) is 0 Å². The summed E-state index contributed by atoms with van der Waals surface area (Å²) in [6.07, 6.45) is 1.82. The average molecular weight is 209 g/mol. The van der Waals surface area contributed by atoms with Crippen molar-refractivity contribution in [2.24, 2.45) is 5.73 Å². The summed E-state index contributed by atoms with van der Waals surface area (Å²) in [5.74, 6) is 0. The summed E-state index contributed by atoms with van der Waals surface area (Å²) in [7, 11) is 0. The molecule has 0 aromatic carbocycles. The lowest BCUT2D eigenvalue weighted by Crippen LogP contribution is -2.04. The van der Waals surface area contributed by atoms with Gasteiger partial charge in [-0.2, -0.15) is 0 Å². The van der Waals surface area contributed by atoms with E-state index < -0.39 is 0 Å². The van der Waals surface area contributed by atoms with Crippen LogP contribution in [0.4, 0.5) is 0 Å². The quantitative estimate of drug-likeness (QED) is 0.770. The van der Waals surface area contributed by atoms with Crippen molar-refractivity contribution < 1.29 is 0 Å². The van der Waals surface area contributed by atoms with Gasteiger partial charge in [0, 0.05) is 17.9 Å². The summed E-state index contributed by atoms with van der Waals surface area (Å²) in [6, 6.07) is 4.07. The van der Waals surface area contributed by atoms with Crippen LogP contribution >= 0.6 is 24.8 Å². The molecular weight excluding hydrogens is 195 g/mol. The maximum atomic E-state index is 5.62. The molecular formula is C8H14Cl2N2. The lowest BCUT2D eigenvalue weighted by molar-refractivity contribution is 0.810. The third kappa shape index (κ3) is 3.90. The number of nitrogens with two attached hydrogens (primary N) is 1. The van der Waals surface area contributed by atoms with Gasteiger partial charge < -0.3 is 5.73 Å². The molecule has 0 saturated carbocycles. The van der Waals surface area contributed by atoms with E-state index in [2.05, 4.69) is 4.98 Å². The summed E-state index contributed by atoms with van der Waals surface area (Å²) in [4.78, 5) is 4.12. The number of nitrogens with zero attached hydrogens (tertiary/aromatic N) is 1. The number of aromatic nitrogens is 1. The van der Waals surface area contributed by atoms with E-state index in [9.17, 15) is 0 Å². The molecule has 0 aliphatic rings. The third-order valence-corrected chi connectivity index (χ3v) is 1.46. The molecule has 1 aromatic rings. The lowest BCUT2D eigenvalue weighted by Gasteiger charge is -2.03. The summed E-state index contributed by atoms with van der Waals surface area (Å²) in [6.45, 7) is 3.91. The predicted molar refractivity (Wildman–Crippen MR) is 56.1 cm³/mol. The van der Waals surface area contributed by atoms with E-state index in [4.69, 9.17) is 5.73 Å². The van der Waals surface area contributed by atoms with Crippen molar-refractivity contribution >= 4 is 24.8 Å². The molecule has 70 valence electrons. The monoisotopic (exact) mass is 208 g/mol. The molecule has 1 atom stereocenters. The topological polar surface area (TPSA) is 38.9 Å². The van der Waals surface area contributed by atoms with Crippen LogP contribution < -0.4 is 5.73 Å². The van der Waals surface area contributed by atoms with Gasteiger partial charge in [0.1, 0.15) is 0 Å². The minimum Gasteiger partial charge on any atom is -0.324 e. The molecule has 0 spiro atoms. The zero-order valence-electron chi connectivity index (χ0n) is 7.15. The first-order chi connectivity index (χ1) is 4.70. The van der Waals surface area contributed by atoms with E-state index in [-0.39, 0.29) is 30.9 Å². The van der Waals surface area contributed by atoms with E-state index in [1.54, 1.807) is 0 Å². The van der Waals surface area contributed by atoms with Gasteiger partial charge >= 0.3 is 0 Å². The molecule has 1 aromatic heterocycles. The molecule has 1 rings (SSSR count). The Morgan fingerprint density at radius 1 is 1.33 bits per heavy atom. The highest BCUT2D eigenvalue weighted by Crippen LogP contribution is 2.06. The van der Waals surface area contributed by atoms with Crippen molar-refractivity contribution in [3.05, 3.63) is 29.6 Å². The number of hydrogen-bond acceptors (Lipinski definition) is 2. The average Bonchev–Trinajstić information content (AvgIpc) is 1.88. The summed E-state index contributed by atoms with van der Waals surface area (Å²) in [5, 5.41) is 0. The summed E-state index contributed by atoms with van der Waals surface area (Å²) in [5.41, 5.74) is 7.74. The van der Waals surface area contributed by atoms with Gasteiger partial charge in [-0.15, -0.1) is 24.8 Å². The molecule has 1 heterocycles. The van der Waals surface area contributed by atoms with E-state index in [1.807, 2.05) is 32.2 Å². The van der Waals surface area contributed by atoms with Crippen LogP contribution in [0.3, 0.4) is 0 Å². The second-order valence-corrected chi connectivity index (χ2v) is 2.52. The van der Waals surface area contributed by atoms with E-state index in [0.29, 0.717) is 0 Å². The Labute approximate surface area is 85.4 Å². The Morgan fingerprint density at radius 3 is 2.25 bits per heavy atom. The molecule has 0 amide bonds. The molecule has 0 fully saturated rings. The van der Waals surface area contributed by atoms with Gasteiger partial charge in [0.05, 0.1) is 0 Å². The Balaban J connectivity index is 0. The number of halogens is 2. The van der Waals surface area contributed by atoms with Crippen LogP contribution in [-0.4, -0.2) is 4.98 Å². The van der Waals surface area contributed by atoms with Gasteiger partial charge in [0.2, 0.25) is 0 Å². The fourth-order valence-corrected chi connectivity index (χ4v) is 0.749. The van der Waals surface area contributed by atoms with Crippen molar-refractivity contribution in [3.8, 4) is 0 Å². The smallest absolute Gasteiger partial charge is 0.0372 e. The first-order valence-corrected chi connectivity index (χ1v) is 3.38. The van der Waals surface area contributed by atoms with Crippen LogP contribution in [0, 0.1) is 6.92 Å². The zero-order chi connectivity index (χ0) is 7.56. The number of aryl methyl sites for hydroxylation is 1. The van der Waals surface area contributed by atoms with Crippen molar-refractivity contribution in [1.82, 2.24) is 4.98 Å². The first-order valence-electron chi connectivity index (χ1n) is 3.38. The van der Waals surface area contributed by atoms with E-state index >= 15 is 0 Å². The molecule has 12 heavy (non-hydrogen) atoms. The molecule has 0 aliphatic heterocycles. The molecule has 0 saturated heterocycles. The Kier molecular flexibility index (Phi) is 7.39. The van der Waals surface area contributed by atoms with E-state index in [1.165, 1.54) is 0 Å². The van der Waals surface area contributed by atoms with Crippen LogP contribution in [0.5, 0.6) is 0 Å². The summed E-state index contributed by atoms with van der Waals surface area (Å²) < 4.78 is 0. The third-order valence-electron chi connectivity index (χ3n) is 1.46. The Morgan fingerprint density at radius 2 is 1.92 bits per heavy atom. The maximum Gasteiger partial charge on any atom is 0.0372 e. The lowest BCUT2D eigenvalue weighted by atomic mass is 10.1. The molecule has 0 radical (unpaired) electrons. The Bertz CT molecular complexity index is 209. The highest BCUT2D eigenvalue weighted by atomic mass is 35.5. The molecule has 1 unspecified atom stereocenters. The van der Waals surface area contributed by atoms with E-state index in [0.717, 1.165) is 11.3 Å². The Hall–Kier alpha value is -0.310. The highest BCUT2D eigenvalue weighted by Gasteiger charge is 1.96. The minimum absolute atomic E-state index is 0. The number of pyridine rings is 1. The van der Waals surface area contributed by atoms with Crippen molar-refractivity contribution in [2.45, 2.75) is 19.9 Å². The zero-order valence-corrected chi connectivity index (χ0v) is 8.78. The standard InChI is InChI=1S/C8H12N2.2ClH/c1-6-3-4-8(5-10-6)7(2)9;;/h3-5,7H,9H2,1-2H3;2*1H. The number of rotatable bonds is 1. The van der Waals surface area contributed by atoms with Crippen LogP contribution in [0.15, 0.2) is 18.3 Å². The molecule has 0 aliphatic carbocycles. The van der Waals surface area contributed by atoms with Crippen LogP contribution in [-0.2, 0) is 0 Å². The second-order valence-electron chi connectivity index (χ2n) is 2.52. The van der Waals surface area contributed by atoms with Crippen molar-refractivity contribution in [2.75, 3.05) is 0 Å². The van der Waals surface area contributed by atoms with Crippen LogP contribution in [0.25, 0.3) is 0 Å². The van der Waals surface area contributed by atoms with Crippen LogP contribution in [0.1, 0.15) is 24.2 Å². The summed E-state index contributed by atoms with van der Waals surface area (Å²) >= 11 is 0. The fraction of sp³-hybridized carbons (Fsp3) is 0.375.